The van der Waals surface area contributed by atoms with Gasteiger partial charge in [0.2, 0.25) is 0 Å². The zero-order valence-electron chi connectivity index (χ0n) is 10.1. The first kappa shape index (κ1) is 10.6. The second-order valence-electron chi connectivity index (χ2n) is 4.46. The molecule has 0 N–H and O–H groups in total. The van der Waals surface area contributed by atoms with Crippen LogP contribution in [0.15, 0.2) is 42.7 Å². The van der Waals surface area contributed by atoms with E-state index in [2.05, 4.69) is 61.1 Å². The number of nitrogens with zero attached hydrogens (tertiary/aromatic N) is 1. The van der Waals surface area contributed by atoms with Gasteiger partial charge in [-0.2, -0.15) is 0 Å². The lowest BCUT2D eigenvalue weighted by Gasteiger charge is -1.96. The van der Waals surface area contributed by atoms with Crippen LogP contribution in [-0.2, 0) is 6.54 Å². The molecule has 0 aromatic heterocycles. The van der Waals surface area contributed by atoms with Gasteiger partial charge >= 0.3 is 0 Å². The number of aromatic nitrogens is 1. The smallest absolute Gasteiger partial charge is 0.164 e. The third-order valence-corrected chi connectivity index (χ3v) is 4.20. The normalized spacial score (nSPS) is 11.2. The third-order valence-electron chi connectivity index (χ3n) is 3.15. The Balaban J connectivity index is 1.97. The molecule has 1 aromatic carbocycles. The average Bonchev–Trinajstić information content (AvgIpc) is 2.83. The van der Waals surface area contributed by atoms with Crippen molar-refractivity contribution in [2.75, 3.05) is 0 Å². The lowest BCUT2D eigenvalue weighted by molar-refractivity contribution is -0.684. The molecule has 1 aromatic rings. The molecule has 3 rings (SSSR count). The van der Waals surface area contributed by atoms with Gasteiger partial charge in [-0.25, -0.2) is 4.57 Å². The van der Waals surface area contributed by atoms with Gasteiger partial charge in [-0.3, -0.25) is 11.3 Å². The minimum absolute atomic E-state index is 0.957. The molecule has 2 aliphatic heterocycles. The fourth-order valence-electron chi connectivity index (χ4n) is 2.29. The highest BCUT2D eigenvalue weighted by Crippen LogP contribution is 2.35. The van der Waals surface area contributed by atoms with E-state index in [4.69, 9.17) is 0 Å². The molecule has 0 saturated heterocycles. The van der Waals surface area contributed by atoms with Gasteiger partial charge in [0.25, 0.3) is 0 Å². The first-order valence-electron chi connectivity index (χ1n) is 5.83. The van der Waals surface area contributed by atoms with Crippen LogP contribution in [0.1, 0.15) is 15.3 Å². The number of aryl methyl sites for hydroxylation is 2. The maximum absolute atomic E-state index is 2.28. The molecule has 0 spiro atoms. The highest BCUT2D eigenvalue weighted by atomic mass is 32.1. The van der Waals surface area contributed by atoms with Gasteiger partial charge in [0.15, 0.2) is 6.54 Å². The topological polar surface area (TPSA) is 3.88 Å². The standard InChI is InChI=1S/C15H15NS/c1-11-14-9-16(10-15(14)12(2)17-11)8-13-6-4-3-5-7-13/h3-7,9-10H,8H2,1-2H3. The van der Waals surface area contributed by atoms with Crippen LogP contribution >= 0.6 is 11.3 Å². The van der Waals surface area contributed by atoms with Gasteiger partial charge in [-0.05, 0) is 0 Å². The molecule has 2 heteroatoms. The van der Waals surface area contributed by atoms with Crippen molar-refractivity contribution in [3.8, 4) is 11.1 Å². The monoisotopic (exact) mass is 241 g/mol. The van der Waals surface area contributed by atoms with E-state index in [9.17, 15) is 0 Å². The van der Waals surface area contributed by atoms with Crippen molar-refractivity contribution in [1.29, 1.82) is 0 Å². The molecule has 0 amide bonds. The summed E-state index contributed by atoms with van der Waals surface area (Å²) in [6.45, 7) is 5.36. The first-order valence-corrected chi connectivity index (χ1v) is 6.65. The van der Waals surface area contributed by atoms with Crippen LogP contribution in [0.4, 0.5) is 0 Å². The summed E-state index contributed by atoms with van der Waals surface area (Å²) in [6, 6.07) is 10.6. The van der Waals surface area contributed by atoms with Gasteiger partial charge in [0, 0.05) is 5.56 Å². The maximum Gasteiger partial charge on any atom is 0.164 e. The summed E-state index contributed by atoms with van der Waals surface area (Å²) >= 11 is 1.89. The molecule has 2 heterocycles. The number of thiophene rings is 1. The van der Waals surface area contributed by atoms with Crippen molar-refractivity contribution in [3.63, 3.8) is 0 Å². The van der Waals surface area contributed by atoms with Gasteiger partial charge < -0.3 is 0 Å². The van der Waals surface area contributed by atoms with E-state index in [1.54, 1.807) is 0 Å². The predicted molar refractivity (Wildman–Crippen MR) is 71.7 cm³/mol. The second-order valence-corrected chi connectivity index (χ2v) is 5.89. The Morgan fingerprint density at radius 2 is 1.94 bits per heavy atom. The number of hydrogen-bond acceptors (Lipinski definition) is 1. The SMILES string of the molecule is Cc1s[c-](C)c2c[n+](Cc3ccccc3)cc1-2. The van der Waals surface area contributed by atoms with Crippen molar-refractivity contribution in [1.82, 2.24) is 0 Å². The van der Waals surface area contributed by atoms with E-state index in [1.165, 1.54) is 26.4 Å². The lowest BCUT2D eigenvalue weighted by Crippen LogP contribution is -2.30. The highest BCUT2D eigenvalue weighted by Gasteiger charge is 2.12. The second kappa shape index (κ2) is 4.04. The Morgan fingerprint density at radius 3 is 2.65 bits per heavy atom. The Morgan fingerprint density at radius 1 is 1.18 bits per heavy atom. The van der Waals surface area contributed by atoms with Crippen LogP contribution in [-0.4, -0.2) is 0 Å². The summed E-state index contributed by atoms with van der Waals surface area (Å²) in [7, 11) is 0. The first-order chi connectivity index (χ1) is 8.24. The number of benzene rings is 1. The van der Waals surface area contributed by atoms with Crippen molar-refractivity contribution >= 4 is 11.3 Å². The molecule has 17 heavy (non-hydrogen) atoms. The molecule has 0 bridgehead atoms. The molecule has 0 aliphatic carbocycles. The molecule has 1 nitrogen and oxygen atoms in total. The summed E-state index contributed by atoms with van der Waals surface area (Å²) in [5.41, 5.74) is 4.16. The molecular weight excluding hydrogens is 226 g/mol. The van der Waals surface area contributed by atoms with Crippen LogP contribution in [0.5, 0.6) is 0 Å². The Bertz CT molecular complexity index is 572. The zero-order valence-corrected chi connectivity index (χ0v) is 10.9. The molecule has 0 saturated carbocycles. The summed E-state index contributed by atoms with van der Waals surface area (Å²) in [5, 5.41) is 0. The van der Waals surface area contributed by atoms with Crippen LogP contribution < -0.4 is 4.57 Å². The lowest BCUT2D eigenvalue weighted by atomic mass is 10.2. The molecule has 0 unspecified atom stereocenters. The number of rotatable bonds is 2. The van der Waals surface area contributed by atoms with E-state index < -0.39 is 0 Å². The zero-order chi connectivity index (χ0) is 11.8. The largest absolute Gasteiger partial charge is 0.256 e. The van der Waals surface area contributed by atoms with E-state index in [-0.39, 0.29) is 0 Å². The molecule has 2 aliphatic rings. The van der Waals surface area contributed by atoms with E-state index >= 15 is 0 Å². The van der Waals surface area contributed by atoms with Crippen molar-refractivity contribution in [2.45, 2.75) is 20.4 Å². The van der Waals surface area contributed by atoms with Gasteiger partial charge in [0.1, 0.15) is 6.20 Å². The minimum Gasteiger partial charge on any atom is -0.256 e. The molecule has 0 fully saturated rings. The maximum atomic E-state index is 2.28. The van der Waals surface area contributed by atoms with E-state index in [0.717, 1.165) is 6.54 Å². The summed E-state index contributed by atoms with van der Waals surface area (Å²) in [4.78, 5) is 2.84. The van der Waals surface area contributed by atoms with Crippen molar-refractivity contribution in [3.05, 3.63) is 58.0 Å². The van der Waals surface area contributed by atoms with E-state index in [1.807, 2.05) is 11.3 Å². The van der Waals surface area contributed by atoms with Gasteiger partial charge in [0.05, 0.1) is 6.20 Å². The Kier molecular flexibility index (Phi) is 2.52. The predicted octanol–water partition coefficient (Wildman–Crippen LogP) is 3.52. The summed E-state index contributed by atoms with van der Waals surface area (Å²) in [5.74, 6) is 0. The van der Waals surface area contributed by atoms with Crippen LogP contribution in [0.3, 0.4) is 0 Å². The Hall–Kier alpha value is -1.54. The third kappa shape index (κ3) is 1.89. The van der Waals surface area contributed by atoms with Gasteiger partial charge in [-0.1, -0.05) is 65.1 Å². The molecule has 0 radical (unpaired) electrons. The van der Waals surface area contributed by atoms with Crippen molar-refractivity contribution in [2.24, 2.45) is 0 Å². The summed E-state index contributed by atoms with van der Waals surface area (Å²) in [6.07, 6.45) is 4.53. The summed E-state index contributed by atoms with van der Waals surface area (Å²) < 4.78 is 2.28. The Labute approximate surface area is 106 Å². The van der Waals surface area contributed by atoms with E-state index in [0.29, 0.717) is 0 Å². The molecule has 86 valence electrons. The van der Waals surface area contributed by atoms with Crippen LogP contribution in [0, 0.1) is 13.8 Å². The van der Waals surface area contributed by atoms with Crippen LogP contribution in [0.25, 0.3) is 11.1 Å². The van der Waals surface area contributed by atoms with Gasteiger partial charge in [-0.15, -0.1) is 0 Å². The fraction of sp³-hybridized carbons (Fsp3) is 0.200. The quantitative estimate of drug-likeness (QED) is 0.477. The average molecular weight is 241 g/mol. The number of fused-ring (bicyclic) bond motifs is 1. The number of hydrogen-bond donors (Lipinski definition) is 0. The molecular formula is C15H15NS. The fourth-order valence-corrected chi connectivity index (χ4v) is 3.30. The highest BCUT2D eigenvalue weighted by molar-refractivity contribution is 7.13. The van der Waals surface area contributed by atoms with Crippen molar-refractivity contribution < 1.29 is 4.57 Å². The minimum atomic E-state index is 0.957. The molecule has 0 atom stereocenters. The van der Waals surface area contributed by atoms with Crippen LogP contribution in [0.2, 0.25) is 0 Å².